The molecule has 1 amide bonds. The van der Waals surface area contributed by atoms with Gasteiger partial charge in [-0.05, 0) is 18.8 Å². The van der Waals surface area contributed by atoms with E-state index in [-0.39, 0.29) is 18.1 Å². The first-order valence-electron chi connectivity index (χ1n) is 5.76. The van der Waals surface area contributed by atoms with Gasteiger partial charge >= 0.3 is 0 Å². The lowest BCUT2D eigenvalue weighted by Gasteiger charge is -2.16. The van der Waals surface area contributed by atoms with Crippen molar-refractivity contribution in [3.63, 3.8) is 0 Å². The van der Waals surface area contributed by atoms with Crippen molar-refractivity contribution in [3.8, 4) is 0 Å². The van der Waals surface area contributed by atoms with E-state index in [1.165, 1.54) is 0 Å². The number of aliphatic hydroxyl groups excluding tert-OH is 1. The van der Waals surface area contributed by atoms with Crippen molar-refractivity contribution in [3.05, 3.63) is 0 Å². The maximum atomic E-state index is 10.9. The molecule has 4 nitrogen and oxygen atoms in total. The number of hydrogen-bond donors (Lipinski definition) is 3. The fourth-order valence-corrected chi connectivity index (χ4v) is 1.88. The first-order chi connectivity index (χ1) is 7.08. The minimum atomic E-state index is -0.276. The molecule has 3 N–H and O–H groups in total. The topological polar surface area (TPSA) is 61.4 Å². The maximum absolute atomic E-state index is 10.9. The molecular weight excluding hydrogens is 192 g/mol. The maximum Gasteiger partial charge on any atom is 0.220 e. The van der Waals surface area contributed by atoms with Crippen molar-refractivity contribution >= 4 is 5.91 Å². The molecule has 0 aromatic carbocycles. The summed E-state index contributed by atoms with van der Waals surface area (Å²) in [6.07, 6.45) is 2.10. The van der Waals surface area contributed by atoms with Gasteiger partial charge in [0, 0.05) is 25.6 Å². The predicted molar refractivity (Wildman–Crippen MR) is 59.5 cm³/mol. The van der Waals surface area contributed by atoms with Crippen molar-refractivity contribution in [1.29, 1.82) is 0 Å². The van der Waals surface area contributed by atoms with Crippen LogP contribution in [0.4, 0.5) is 0 Å². The smallest absolute Gasteiger partial charge is 0.220 e. The van der Waals surface area contributed by atoms with Gasteiger partial charge < -0.3 is 15.7 Å². The van der Waals surface area contributed by atoms with Crippen LogP contribution in [-0.2, 0) is 4.79 Å². The van der Waals surface area contributed by atoms with Crippen LogP contribution in [0.5, 0.6) is 0 Å². The number of aliphatic hydroxyl groups is 1. The van der Waals surface area contributed by atoms with Crippen molar-refractivity contribution in [2.75, 3.05) is 13.1 Å². The summed E-state index contributed by atoms with van der Waals surface area (Å²) >= 11 is 0. The zero-order valence-electron chi connectivity index (χ0n) is 9.62. The molecule has 0 aromatic heterocycles. The van der Waals surface area contributed by atoms with Crippen LogP contribution in [0.25, 0.3) is 0 Å². The second-order valence-corrected chi connectivity index (χ2v) is 4.74. The van der Waals surface area contributed by atoms with E-state index in [1.807, 2.05) is 0 Å². The second-order valence-electron chi connectivity index (χ2n) is 4.74. The van der Waals surface area contributed by atoms with E-state index >= 15 is 0 Å². The largest absolute Gasteiger partial charge is 0.392 e. The third-order valence-corrected chi connectivity index (χ3v) is 2.60. The third-order valence-electron chi connectivity index (χ3n) is 2.60. The Morgan fingerprint density at radius 2 is 2.33 bits per heavy atom. The van der Waals surface area contributed by atoms with Crippen LogP contribution in [0.2, 0.25) is 0 Å². The number of hydrogen-bond acceptors (Lipinski definition) is 3. The molecule has 15 heavy (non-hydrogen) atoms. The Hall–Kier alpha value is -0.610. The summed E-state index contributed by atoms with van der Waals surface area (Å²) in [6.45, 7) is 5.58. The van der Waals surface area contributed by atoms with Crippen LogP contribution < -0.4 is 10.6 Å². The van der Waals surface area contributed by atoms with Gasteiger partial charge in [0.2, 0.25) is 5.91 Å². The molecule has 0 radical (unpaired) electrons. The van der Waals surface area contributed by atoms with Gasteiger partial charge in [0.05, 0.1) is 6.10 Å². The molecule has 4 heteroatoms. The molecule has 0 saturated carbocycles. The molecule has 2 atom stereocenters. The monoisotopic (exact) mass is 214 g/mol. The highest BCUT2D eigenvalue weighted by atomic mass is 16.3. The SMILES string of the molecule is CC(C)CC(O)CNCC1CCC(=O)N1. The second kappa shape index (κ2) is 6.08. The van der Waals surface area contributed by atoms with E-state index in [0.29, 0.717) is 18.9 Å². The zero-order valence-corrected chi connectivity index (χ0v) is 9.62. The average Bonchev–Trinajstić information content (AvgIpc) is 2.50. The Balaban J connectivity index is 2.03. The van der Waals surface area contributed by atoms with Gasteiger partial charge in [-0.2, -0.15) is 0 Å². The minimum Gasteiger partial charge on any atom is -0.392 e. The number of amides is 1. The summed E-state index contributed by atoms with van der Waals surface area (Å²) in [7, 11) is 0. The van der Waals surface area contributed by atoms with Crippen LogP contribution in [0.1, 0.15) is 33.1 Å². The molecule has 1 aliphatic heterocycles. The van der Waals surface area contributed by atoms with E-state index in [0.717, 1.165) is 19.4 Å². The van der Waals surface area contributed by atoms with Crippen LogP contribution in [0, 0.1) is 5.92 Å². The van der Waals surface area contributed by atoms with Crippen LogP contribution in [-0.4, -0.2) is 36.2 Å². The molecule has 2 unspecified atom stereocenters. The van der Waals surface area contributed by atoms with Gasteiger partial charge in [0.1, 0.15) is 0 Å². The minimum absolute atomic E-state index is 0.143. The molecular formula is C11H22N2O2. The molecule has 88 valence electrons. The van der Waals surface area contributed by atoms with E-state index in [4.69, 9.17) is 0 Å². The fourth-order valence-electron chi connectivity index (χ4n) is 1.88. The molecule has 0 spiro atoms. The Labute approximate surface area is 91.4 Å². The van der Waals surface area contributed by atoms with Crippen molar-refractivity contribution in [2.24, 2.45) is 5.92 Å². The summed E-state index contributed by atoms with van der Waals surface area (Å²) in [5.74, 6) is 0.664. The number of rotatable bonds is 6. The average molecular weight is 214 g/mol. The quantitative estimate of drug-likeness (QED) is 0.594. The van der Waals surface area contributed by atoms with Gasteiger partial charge in [-0.15, -0.1) is 0 Å². The fraction of sp³-hybridized carbons (Fsp3) is 0.909. The van der Waals surface area contributed by atoms with Crippen LogP contribution in [0.3, 0.4) is 0 Å². The summed E-state index contributed by atoms with van der Waals surface area (Å²) in [5.41, 5.74) is 0. The lowest BCUT2D eigenvalue weighted by atomic mass is 10.1. The van der Waals surface area contributed by atoms with Gasteiger partial charge in [0.15, 0.2) is 0 Å². The lowest BCUT2D eigenvalue weighted by molar-refractivity contribution is -0.119. The van der Waals surface area contributed by atoms with Crippen molar-refractivity contribution < 1.29 is 9.90 Å². The third kappa shape index (κ3) is 5.14. The molecule has 1 saturated heterocycles. The number of carbonyl (C=O) groups is 1. The van der Waals surface area contributed by atoms with Crippen LogP contribution in [0.15, 0.2) is 0 Å². The zero-order chi connectivity index (χ0) is 11.3. The van der Waals surface area contributed by atoms with E-state index in [1.54, 1.807) is 0 Å². The summed E-state index contributed by atoms with van der Waals surface area (Å²) < 4.78 is 0. The molecule has 1 heterocycles. The Morgan fingerprint density at radius 3 is 2.87 bits per heavy atom. The number of carbonyl (C=O) groups excluding carboxylic acids is 1. The predicted octanol–water partition coefficient (Wildman–Crippen LogP) is 0.262. The highest BCUT2D eigenvalue weighted by Gasteiger charge is 2.20. The molecule has 0 bridgehead atoms. The summed E-state index contributed by atoms with van der Waals surface area (Å²) in [4.78, 5) is 10.9. The lowest BCUT2D eigenvalue weighted by Crippen LogP contribution is -2.38. The van der Waals surface area contributed by atoms with Gasteiger partial charge in [-0.3, -0.25) is 4.79 Å². The van der Waals surface area contributed by atoms with Crippen molar-refractivity contribution in [1.82, 2.24) is 10.6 Å². The molecule has 1 aliphatic rings. The van der Waals surface area contributed by atoms with Crippen molar-refractivity contribution in [2.45, 2.75) is 45.3 Å². The highest BCUT2D eigenvalue weighted by Crippen LogP contribution is 2.06. The van der Waals surface area contributed by atoms with Gasteiger partial charge in [0.25, 0.3) is 0 Å². The highest BCUT2D eigenvalue weighted by molar-refractivity contribution is 5.78. The van der Waals surface area contributed by atoms with Crippen LogP contribution >= 0.6 is 0 Å². The standard InChI is InChI=1S/C11H22N2O2/c1-8(2)5-10(14)7-12-6-9-3-4-11(15)13-9/h8-10,12,14H,3-7H2,1-2H3,(H,13,15). The first-order valence-corrected chi connectivity index (χ1v) is 5.76. The molecule has 0 aromatic rings. The summed E-state index contributed by atoms with van der Waals surface area (Å²) in [5, 5.41) is 15.7. The number of nitrogens with one attached hydrogen (secondary N) is 2. The Bertz CT molecular complexity index is 207. The van der Waals surface area contributed by atoms with E-state index in [9.17, 15) is 9.90 Å². The van der Waals surface area contributed by atoms with E-state index < -0.39 is 0 Å². The molecule has 1 fully saturated rings. The Kier molecular flexibility index (Phi) is 5.05. The normalized spacial score (nSPS) is 23.2. The van der Waals surface area contributed by atoms with Gasteiger partial charge in [-0.1, -0.05) is 13.8 Å². The van der Waals surface area contributed by atoms with E-state index in [2.05, 4.69) is 24.5 Å². The first kappa shape index (κ1) is 12.5. The van der Waals surface area contributed by atoms with Gasteiger partial charge in [-0.25, -0.2) is 0 Å². The Morgan fingerprint density at radius 1 is 1.60 bits per heavy atom. The molecule has 0 aliphatic carbocycles. The molecule has 1 rings (SSSR count). The summed E-state index contributed by atoms with van der Waals surface area (Å²) in [6, 6.07) is 0.253.